The Morgan fingerprint density at radius 3 is 1.14 bits per heavy atom. The molecule has 1 fully saturated rings. The minimum absolute atomic E-state index is 0.657. The van der Waals surface area contributed by atoms with E-state index in [2.05, 4.69) is 23.8 Å². The molecule has 244 valence electrons. The predicted octanol–water partition coefficient (Wildman–Crippen LogP) is 12.1. The molecule has 0 N–H and O–H groups in total. The summed E-state index contributed by atoms with van der Waals surface area (Å²) in [6, 6.07) is 0. The summed E-state index contributed by atoms with van der Waals surface area (Å²) >= 11 is 0. The zero-order valence-corrected chi connectivity index (χ0v) is 28.2. The second kappa shape index (κ2) is 29.8. The average molecular weight is 587 g/mol. The van der Waals surface area contributed by atoms with Crippen LogP contribution in [0.5, 0.6) is 0 Å². The molecule has 1 aliphatic rings. The molecule has 0 heterocycles. The van der Waals surface area contributed by atoms with Crippen LogP contribution in [-0.2, 0) is 9.59 Å². The molecule has 42 heavy (non-hydrogen) atoms. The molecule has 1 saturated carbocycles. The van der Waals surface area contributed by atoms with E-state index < -0.39 is 0 Å². The SMILES string of the molecule is CCCCCCC[C@H]1[C@H](CCCCC)CC[C@@H](CCCCCCCCCN=C=O)[C@H]1CCCCCCCCCN=C=O. The number of hydrogen-bond acceptors (Lipinski definition) is 4. The van der Waals surface area contributed by atoms with Crippen LogP contribution in [0.2, 0.25) is 0 Å². The van der Waals surface area contributed by atoms with Crippen molar-refractivity contribution in [2.24, 2.45) is 33.7 Å². The Hall–Kier alpha value is -1.24. The highest BCUT2D eigenvalue weighted by Gasteiger charge is 2.37. The normalized spacial score (nSPS) is 20.2. The molecule has 4 nitrogen and oxygen atoms in total. The van der Waals surface area contributed by atoms with E-state index in [-0.39, 0.29) is 0 Å². The van der Waals surface area contributed by atoms with Crippen molar-refractivity contribution in [3.05, 3.63) is 0 Å². The molecular weight excluding hydrogens is 516 g/mol. The lowest BCUT2D eigenvalue weighted by molar-refractivity contribution is 0.0581. The minimum atomic E-state index is 0.657. The number of hydrogen-bond donors (Lipinski definition) is 0. The summed E-state index contributed by atoms with van der Waals surface area (Å²) < 4.78 is 0. The lowest BCUT2D eigenvalue weighted by Crippen LogP contribution is -2.35. The molecule has 4 atom stereocenters. The van der Waals surface area contributed by atoms with Gasteiger partial charge in [0.25, 0.3) is 0 Å². The molecule has 1 rings (SSSR count). The van der Waals surface area contributed by atoms with E-state index in [0.717, 1.165) is 36.5 Å². The number of nitrogens with zero attached hydrogens (tertiary/aromatic N) is 2. The second-order valence-corrected chi connectivity index (χ2v) is 13.6. The summed E-state index contributed by atoms with van der Waals surface area (Å²) in [5.41, 5.74) is 0. The highest BCUT2D eigenvalue weighted by Crippen LogP contribution is 2.47. The van der Waals surface area contributed by atoms with Crippen LogP contribution in [0.15, 0.2) is 9.98 Å². The summed E-state index contributed by atoms with van der Waals surface area (Å²) in [7, 11) is 0. The molecule has 0 aromatic carbocycles. The fraction of sp³-hybridized carbons (Fsp3) is 0.947. The van der Waals surface area contributed by atoms with Crippen molar-refractivity contribution >= 4 is 12.2 Å². The van der Waals surface area contributed by atoms with Gasteiger partial charge in [0.1, 0.15) is 0 Å². The van der Waals surface area contributed by atoms with Crippen LogP contribution in [0.3, 0.4) is 0 Å². The predicted molar refractivity (Wildman–Crippen MR) is 181 cm³/mol. The molecule has 4 heteroatoms. The van der Waals surface area contributed by atoms with E-state index >= 15 is 0 Å². The Balaban J connectivity index is 2.60. The maximum Gasteiger partial charge on any atom is 0.234 e. The Kier molecular flexibility index (Phi) is 27.5. The van der Waals surface area contributed by atoms with Gasteiger partial charge in [0.15, 0.2) is 0 Å². The van der Waals surface area contributed by atoms with Crippen LogP contribution in [-0.4, -0.2) is 25.2 Å². The van der Waals surface area contributed by atoms with Crippen molar-refractivity contribution in [1.82, 2.24) is 0 Å². The van der Waals surface area contributed by atoms with Gasteiger partial charge in [-0.15, -0.1) is 0 Å². The third-order valence-corrected chi connectivity index (χ3v) is 10.3. The Bertz CT molecular complexity index is 683. The minimum Gasteiger partial charge on any atom is -0.211 e. The highest BCUT2D eigenvalue weighted by molar-refractivity contribution is 5.32. The van der Waals surface area contributed by atoms with Gasteiger partial charge in [0, 0.05) is 0 Å². The second-order valence-electron chi connectivity index (χ2n) is 13.6. The van der Waals surface area contributed by atoms with E-state index in [9.17, 15) is 9.59 Å². The molecule has 0 spiro atoms. The quantitative estimate of drug-likeness (QED) is 0.0477. The monoisotopic (exact) mass is 587 g/mol. The van der Waals surface area contributed by atoms with Crippen LogP contribution in [0.1, 0.15) is 194 Å². The van der Waals surface area contributed by atoms with Crippen molar-refractivity contribution in [1.29, 1.82) is 0 Å². The van der Waals surface area contributed by atoms with Crippen LogP contribution < -0.4 is 0 Å². The third-order valence-electron chi connectivity index (χ3n) is 10.3. The van der Waals surface area contributed by atoms with Crippen LogP contribution in [0.4, 0.5) is 0 Å². The van der Waals surface area contributed by atoms with Gasteiger partial charge in [0.2, 0.25) is 12.2 Å². The van der Waals surface area contributed by atoms with Crippen LogP contribution >= 0.6 is 0 Å². The van der Waals surface area contributed by atoms with Crippen molar-refractivity contribution in [2.75, 3.05) is 13.1 Å². The van der Waals surface area contributed by atoms with Gasteiger partial charge in [-0.3, -0.25) is 0 Å². The lowest BCUT2D eigenvalue weighted by Gasteiger charge is -2.44. The zero-order chi connectivity index (χ0) is 30.4. The molecule has 0 saturated heterocycles. The van der Waals surface area contributed by atoms with Crippen LogP contribution in [0.25, 0.3) is 0 Å². The smallest absolute Gasteiger partial charge is 0.211 e. The van der Waals surface area contributed by atoms with E-state index in [0.29, 0.717) is 13.1 Å². The fourth-order valence-electron chi connectivity index (χ4n) is 7.84. The first-order valence-corrected chi connectivity index (χ1v) is 18.9. The van der Waals surface area contributed by atoms with Gasteiger partial charge < -0.3 is 0 Å². The van der Waals surface area contributed by atoms with Gasteiger partial charge in [0.05, 0.1) is 13.1 Å². The zero-order valence-electron chi connectivity index (χ0n) is 28.2. The molecule has 0 radical (unpaired) electrons. The number of carbonyl (C=O) groups excluding carboxylic acids is 2. The third kappa shape index (κ3) is 20.6. The molecular formula is C38H70N2O2. The van der Waals surface area contributed by atoms with Gasteiger partial charge >= 0.3 is 0 Å². The topological polar surface area (TPSA) is 58.9 Å². The summed E-state index contributed by atoms with van der Waals surface area (Å²) in [5.74, 6) is 3.90. The Morgan fingerprint density at radius 1 is 0.429 bits per heavy atom. The maximum absolute atomic E-state index is 10.2. The van der Waals surface area contributed by atoms with E-state index in [1.807, 2.05) is 0 Å². The van der Waals surface area contributed by atoms with E-state index in [4.69, 9.17) is 0 Å². The molecule has 0 aromatic heterocycles. The van der Waals surface area contributed by atoms with Crippen LogP contribution in [0, 0.1) is 23.7 Å². The standard InChI is InChI=1S/C38H70N2O2/c1-3-5-7-14-21-27-37-35(25-19-6-4-2)29-30-36(26-20-15-10-8-12-17-23-31-39-33-41)38(37)28-22-16-11-9-13-18-24-32-40-34-42/h35-38H,3-32H2,1-2H3/t35-,36-,37+,38-/m1/s1. The van der Waals surface area contributed by atoms with Crippen molar-refractivity contribution in [2.45, 2.75) is 194 Å². The molecule has 1 aliphatic carbocycles. The summed E-state index contributed by atoms with van der Waals surface area (Å²) in [5, 5.41) is 0. The largest absolute Gasteiger partial charge is 0.234 e. The van der Waals surface area contributed by atoms with Gasteiger partial charge in [-0.2, -0.15) is 0 Å². The van der Waals surface area contributed by atoms with Gasteiger partial charge in [-0.1, -0.05) is 155 Å². The van der Waals surface area contributed by atoms with Crippen molar-refractivity contribution < 1.29 is 9.59 Å². The van der Waals surface area contributed by atoms with Crippen molar-refractivity contribution in [3.8, 4) is 0 Å². The molecule has 0 aromatic rings. The molecule has 0 bridgehead atoms. The lowest BCUT2D eigenvalue weighted by atomic mass is 9.61. The summed E-state index contributed by atoms with van der Waals surface area (Å²) in [6.45, 7) is 6.00. The van der Waals surface area contributed by atoms with E-state index in [1.54, 1.807) is 12.2 Å². The van der Waals surface area contributed by atoms with E-state index in [1.165, 1.54) is 167 Å². The maximum atomic E-state index is 10.2. The van der Waals surface area contributed by atoms with Crippen molar-refractivity contribution in [3.63, 3.8) is 0 Å². The molecule has 0 aliphatic heterocycles. The highest BCUT2D eigenvalue weighted by atomic mass is 16.1. The van der Waals surface area contributed by atoms with Gasteiger partial charge in [-0.25, -0.2) is 19.6 Å². The number of unbranched alkanes of at least 4 members (excludes halogenated alkanes) is 18. The molecule has 0 unspecified atom stereocenters. The first kappa shape index (κ1) is 38.8. The van der Waals surface area contributed by atoms with Gasteiger partial charge in [-0.05, 0) is 62.2 Å². The summed E-state index contributed by atoms with van der Waals surface area (Å²) in [4.78, 5) is 27.8. The number of aliphatic imine (C=N–C) groups is 2. The number of rotatable bonds is 30. The first-order chi connectivity index (χ1) is 20.8. The molecule has 0 amide bonds. The number of isocyanates is 2. The summed E-state index contributed by atoms with van der Waals surface area (Å²) in [6.07, 6.45) is 41.7. The Morgan fingerprint density at radius 2 is 0.738 bits per heavy atom. The average Bonchev–Trinajstić information content (AvgIpc) is 3.00. The first-order valence-electron chi connectivity index (χ1n) is 18.9. The fourth-order valence-corrected chi connectivity index (χ4v) is 7.84. The Labute approximate surface area is 261 Å².